The number of quaternary nitrogens is 1. The Hall–Kier alpha value is -0.280. The first-order chi connectivity index (χ1) is 11.8. The highest BCUT2D eigenvalue weighted by molar-refractivity contribution is 5.01. The van der Waals surface area contributed by atoms with E-state index in [2.05, 4.69) is 5.32 Å². The van der Waals surface area contributed by atoms with E-state index in [9.17, 15) is 15.3 Å². The van der Waals surface area contributed by atoms with Crippen molar-refractivity contribution < 1.29 is 29.7 Å². The molecule has 0 spiro atoms. The lowest BCUT2D eigenvalue weighted by Crippen LogP contribution is -3.07. The van der Waals surface area contributed by atoms with Gasteiger partial charge in [-0.1, -0.05) is 20.8 Å². The van der Waals surface area contributed by atoms with E-state index >= 15 is 0 Å². The molecule has 1 saturated heterocycles. The summed E-state index contributed by atoms with van der Waals surface area (Å²) in [5.74, 6) is 0. The minimum Gasteiger partial charge on any atom is -0.394 e. The summed E-state index contributed by atoms with van der Waals surface area (Å²) in [6.07, 6.45) is -2.95. The lowest BCUT2D eigenvalue weighted by atomic mass is 9.78. The monoisotopic (exact) mass is 377 g/mol. The van der Waals surface area contributed by atoms with Gasteiger partial charge in [-0.2, -0.15) is 0 Å². The quantitative estimate of drug-likeness (QED) is 0.383. The van der Waals surface area contributed by atoms with Gasteiger partial charge in [-0.3, -0.25) is 0 Å². The average molecular weight is 378 g/mol. The molecule has 7 nitrogen and oxygen atoms in total. The third-order valence-corrected chi connectivity index (χ3v) is 4.47. The first-order valence-corrected chi connectivity index (χ1v) is 9.59. The van der Waals surface area contributed by atoms with Gasteiger partial charge in [-0.05, 0) is 26.2 Å². The van der Waals surface area contributed by atoms with Crippen LogP contribution in [0.2, 0.25) is 0 Å². The van der Waals surface area contributed by atoms with Gasteiger partial charge in [0, 0.05) is 6.54 Å². The van der Waals surface area contributed by atoms with E-state index in [4.69, 9.17) is 9.47 Å². The maximum Gasteiger partial charge on any atom is 0.115 e. The second-order valence-electron chi connectivity index (χ2n) is 9.83. The first kappa shape index (κ1) is 23.8. The molecule has 1 heterocycles. The predicted molar refractivity (Wildman–Crippen MR) is 101 cm³/mol. The molecule has 0 aromatic rings. The van der Waals surface area contributed by atoms with Gasteiger partial charge in [0.1, 0.15) is 31.0 Å². The molecule has 1 rings (SSSR count). The normalized spacial score (nSPS) is 32.1. The van der Waals surface area contributed by atoms with Crippen molar-refractivity contribution in [3.05, 3.63) is 0 Å². The summed E-state index contributed by atoms with van der Waals surface area (Å²) >= 11 is 0. The summed E-state index contributed by atoms with van der Waals surface area (Å²) in [7, 11) is 3.97. The number of hydrogen-bond acceptors (Lipinski definition) is 6. The summed E-state index contributed by atoms with van der Waals surface area (Å²) in [6, 6.07) is -0.406. The van der Waals surface area contributed by atoms with Crippen LogP contribution in [0.5, 0.6) is 0 Å². The van der Waals surface area contributed by atoms with Crippen molar-refractivity contribution in [3.8, 4) is 0 Å². The number of ether oxygens (including phenoxy) is 2. The summed E-state index contributed by atoms with van der Waals surface area (Å²) in [5, 5.41) is 34.3. The van der Waals surface area contributed by atoms with Gasteiger partial charge in [-0.15, -0.1) is 0 Å². The highest BCUT2D eigenvalue weighted by Crippen LogP contribution is 2.35. The number of hydrogen-bond donors (Lipinski definition) is 5. The molecule has 0 aromatic carbocycles. The molecular formula is C19H41N2O5+. The molecule has 0 aromatic heterocycles. The van der Waals surface area contributed by atoms with Gasteiger partial charge in [0.05, 0.1) is 38.4 Å². The predicted octanol–water partition coefficient (Wildman–Crippen LogP) is -1.20. The minimum absolute atomic E-state index is 0.219. The van der Waals surface area contributed by atoms with Crippen molar-refractivity contribution in [2.45, 2.75) is 83.7 Å². The van der Waals surface area contributed by atoms with Crippen LogP contribution in [0, 0.1) is 5.41 Å². The maximum atomic E-state index is 11.1. The molecule has 5 N–H and O–H groups in total. The number of rotatable bonds is 7. The maximum absolute atomic E-state index is 11.1. The number of nitrogens with one attached hydrogen (secondary N) is 2. The highest BCUT2D eigenvalue weighted by atomic mass is 16.6. The van der Waals surface area contributed by atoms with Crippen molar-refractivity contribution in [1.82, 2.24) is 5.32 Å². The molecule has 1 aliphatic heterocycles. The van der Waals surface area contributed by atoms with Crippen LogP contribution in [-0.4, -0.2) is 91.3 Å². The van der Waals surface area contributed by atoms with Crippen molar-refractivity contribution in [3.63, 3.8) is 0 Å². The molecule has 26 heavy (non-hydrogen) atoms. The fourth-order valence-electron chi connectivity index (χ4n) is 3.44. The van der Waals surface area contributed by atoms with Crippen molar-refractivity contribution >= 4 is 0 Å². The largest absolute Gasteiger partial charge is 0.394 e. The molecule has 6 atom stereocenters. The van der Waals surface area contributed by atoms with Gasteiger partial charge in [0.15, 0.2) is 0 Å². The van der Waals surface area contributed by atoms with E-state index in [-0.39, 0.29) is 18.1 Å². The van der Waals surface area contributed by atoms with Crippen molar-refractivity contribution in [1.29, 1.82) is 0 Å². The SMILES string of the molecule is C[NH+](C)CC(O)CNC1C(O)C(OC(C)(C)C)C(CO)OC1C(C)(C)C. The van der Waals surface area contributed by atoms with Crippen LogP contribution in [0.4, 0.5) is 0 Å². The second kappa shape index (κ2) is 9.28. The number of likely N-dealkylation sites (N-methyl/N-ethyl adjacent to an activating group) is 1. The van der Waals surface area contributed by atoms with Crippen LogP contribution >= 0.6 is 0 Å². The topological polar surface area (TPSA) is 95.6 Å². The summed E-state index contributed by atoms with van der Waals surface area (Å²) in [5.41, 5.74) is -0.730. The lowest BCUT2D eigenvalue weighted by Gasteiger charge is -2.50. The van der Waals surface area contributed by atoms with Crippen LogP contribution < -0.4 is 10.2 Å². The van der Waals surface area contributed by atoms with Crippen LogP contribution in [0.25, 0.3) is 0 Å². The number of aliphatic hydroxyl groups is 3. The third-order valence-electron chi connectivity index (χ3n) is 4.47. The standard InChI is InChI=1S/C19H40N2O5/c1-18(2,3)17-14(20-9-12(23)10-21(7)8)15(24)16(13(11-22)25-17)26-19(4,5)6/h12-17,20,22-24H,9-11H2,1-8H3/p+1. The molecule has 1 aliphatic rings. The lowest BCUT2D eigenvalue weighted by molar-refractivity contribution is -0.861. The summed E-state index contributed by atoms with van der Waals surface area (Å²) < 4.78 is 12.2. The molecule has 1 fully saturated rings. The third kappa shape index (κ3) is 7.03. The Morgan fingerprint density at radius 1 is 1.15 bits per heavy atom. The molecule has 0 radical (unpaired) electrons. The van der Waals surface area contributed by atoms with Gasteiger partial charge >= 0.3 is 0 Å². The Morgan fingerprint density at radius 3 is 2.15 bits per heavy atom. The van der Waals surface area contributed by atoms with E-state index in [0.29, 0.717) is 13.1 Å². The van der Waals surface area contributed by atoms with E-state index in [0.717, 1.165) is 4.90 Å². The van der Waals surface area contributed by atoms with Crippen LogP contribution in [-0.2, 0) is 9.47 Å². The Morgan fingerprint density at radius 2 is 1.73 bits per heavy atom. The highest BCUT2D eigenvalue weighted by Gasteiger charge is 2.50. The zero-order valence-corrected chi connectivity index (χ0v) is 17.7. The van der Waals surface area contributed by atoms with Crippen molar-refractivity contribution in [2.75, 3.05) is 33.8 Å². The molecule has 0 saturated carbocycles. The Bertz CT molecular complexity index is 419. The smallest absolute Gasteiger partial charge is 0.115 e. The Kier molecular flexibility index (Phi) is 8.48. The number of aliphatic hydroxyl groups excluding tert-OH is 3. The molecule has 7 heteroatoms. The molecule has 156 valence electrons. The average Bonchev–Trinajstić information content (AvgIpc) is 2.44. The van der Waals surface area contributed by atoms with E-state index in [1.54, 1.807) is 0 Å². The van der Waals surface area contributed by atoms with Gasteiger partial charge in [0.2, 0.25) is 0 Å². The summed E-state index contributed by atoms with van der Waals surface area (Å²) in [4.78, 5) is 1.15. The van der Waals surface area contributed by atoms with Gasteiger partial charge in [0.25, 0.3) is 0 Å². The van der Waals surface area contributed by atoms with Gasteiger partial charge in [-0.25, -0.2) is 0 Å². The van der Waals surface area contributed by atoms with E-state index in [1.165, 1.54) is 0 Å². The van der Waals surface area contributed by atoms with Crippen molar-refractivity contribution in [2.24, 2.45) is 5.41 Å². The van der Waals surface area contributed by atoms with E-state index < -0.39 is 36.1 Å². The van der Waals surface area contributed by atoms with E-state index in [1.807, 2.05) is 55.6 Å². The fraction of sp³-hybridized carbons (Fsp3) is 1.00. The molecule has 0 amide bonds. The second-order valence-corrected chi connectivity index (χ2v) is 9.83. The van der Waals surface area contributed by atoms with Crippen LogP contribution in [0.3, 0.4) is 0 Å². The minimum atomic E-state index is -0.858. The zero-order chi connectivity index (χ0) is 20.3. The Labute approximate surface area is 158 Å². The molecular weight excluding hydrogens is 336 g/mol. The first-order valence-electron chi connectivity index (χ1n) is 9.59. The molecule has 6 unspecified atom stereocenters. The molecule has 0 bridgehead atoms. The van der Waals surface area contributed by atoms with Crippen LogP contribution in [0.15, 0.2) is 0 Å². The van der Waals surface area contributed by atoms with Gasteiger partial charge < -0.3 is 35.0 Å². The summed E-state index contributed by atoms with van der Waals surface area (Å²) in [6.45, 7) is 12.6. The molecule has 0 aliphatic carbocycles. The zero-order valence-electron chi connectivity index (χ0n) is 17.7. The Balaban J connectivity index is 2.98. The van der Waals surface area contributed by atoms with Crippen LogP contribution in [0.1, 0.15) is 41.5 Å². The fourth-order valence-corrected chi connectivity index (χ4v) is 3.44.